The van der Waals surface area contributed by atoms with Gasteiger partial charge in [-0.1, -0.05) is 0 Å². The summed E-state index contributed by atoms with van der Waals surface area (Å²) >= 11 is 0. The van der Waals surface area contributed by atoms with Gasteiger partial charge in [-0.3, -0.25) is 4.98 Å². The zero-order valence-electron chi connectivity index (χ0n) is 11.5. The number of aryl methyl sites for hydroxylation is 1. The summed E-state index contributed by atoms with van der Waals surface area (Å²) in [5, 5.41) is 3.36. The Balaban J connectivity index is 1.92. The Morgan fingerprint density at radius 1 is 1.26 bits per heavy atom. The average Bonchev–Trinajstić information content (AvgIpc) is 2.77. The highest BCUT2D eigenvalue weighted by molar-refractivity contribution is 5.74. The molecule has 1 aliphatic rings. The fourth-order valence-corrected chi connectivity index (χ4v) is 3.25. The minimum atomic E-state index is -0.370. The third kappa shape index (κ3) is 2.32. The number of oxazole rings is 1. The van der Waals surface area contributed by atoms with Gasteiger partial charge in [0.1, 0.15) is 0 Å². The van der Waals surface area contributed by atoms with Gasteiger partial charge in [-0.05, 0) is 68.8 Å². The quantitative estimate of drug-likeness (QED) is 0.872. The molecule has 1 aromatic carbocycles. The van der Waals surface area contributed by atoms with Gasteiger partial charge in [-0.15, -0.1) is 0 Å². The molecular weight excluding hydrogens is 240 g/mol. The second kappa shape index (κ2) is 4.85. The van der Waals surface area contributed by atoms with Crippen molar-refractivity contribution in [2.75, 3.05) is 7.05 Å². The van der Waals surface area contributed by atoms with Gasteiger partial charge in [-0.25, -0.2) is 4.79 Å². The molecule has 19 heavy (non-hydrogen) atoms. The first-order chi connectivity index (χ1) is 9.17. The van der Waals surface area contributed by atoms with Gasteiger partial charge >= 0.3 is 5.76 Å². The van der Waals surface area contributed by atoms with E-state index in [4.69, 9.17) is 4.42 Å². The number of rotatable bonds is 2. The predicted octanol–water partition coefficient (Wildman–Crippen LogP) is 2.68. The smallest absolute Gasteiger partial charge is 0.408 e. The molecule has 0 spiro atoms. The molecule has 0 aliphatic heterocycles. The highest BCUT2D eigenvalue weighted by Crippen LogP contribution is 2.35. The summed E-state index contributed by atoms with van der Waals surface area (Å²) in [6, 6.07) is 4.73. The Labute approximate surface area is 112 Å². The van der Waals surface area contributed by atoms with Crippen molar-refractivity contribution in [3.63, 3.8) is 0 Å². The van der Waals surface area contributed by atoms with E-state index in [1.807, 2.05) is 19.2 Å². The number of H-pyrrole nitrogens is 1. The lowest BCUT2D eigenvalue weighted by Gasteiger charge is -2.29. The van der Waals surface area contributed by atoms with Crippen molar-refractivity contribution in [1.82, 2.24) is 10.3 Å². The molecule has 0 saturated heterocycles. The fraction of sp³-hybridized carbons (Fsp3) is 0.533. The number of nitrogens with one attached hydrogen (secondary N) is 2. The molecule has 2 N–H and O–H groups in total. The fourth-order valence-electron chi connectivity index (χ4n) is 3.25. The van der Waals surface area contributed by atoms with E-state index in [0.29, 0.717) is 17.5 Å². The number of aromatic amines is 1. The lowest BCUT2D eigenvalue weighted by molar-refractivity contribution is 0.358. The lowest BCUT2D eigenvalue weighted by atomic mass is 9.80. The van der Waals surface area contributed by atoms with Crippen molar-refractivity contribution in [3.05, 3.63) is 33.8 Å². The van der Waals surface area contributed by atoms with Crippen LogP contribution in [-0.2, 0) is 0 Å². The summed E-state index contributed by atoms with van der Waals surface area (Å²) in [6.07, 6.45) is 4.84. The molecule has 1 aromatic heterocycles. The molecule has 0 atom stereocenters. The number of hydrogen-bond acceptors (Lipinski definition) is 3. The minimum Gasteiger partial charge on any atom is -0.408 e. The Morgan fingerprint density at radius 3 is 2.68 bits per heavy atom. The normalized spacial score (nSPS) is 23.9. The van der Waals surface area contributed by atoms with E-state index >= 15 is 0 Å². The SMILES string of the molecule is CNC1CCC(c2cc3oc(=O)[nH]c3cc2C)CC1. The maximum absolute atomic E-state index is 11.2. The number of benzene rings is 1. The van der Waals surface area contributed by atoms with Crippen LogP contribution in [0, 0.1) is 6.92 Å². The molecule has 1 aliphatic carbocycles. The second-order valence-electron chi connectivity index (χ2n) is 5.56. The summed E-state index contributed by atoms with van der Waals surface area (Å²) in [5.41, 5.74) is 4.07. The first-order valence-electron chi connectivity index (χ1n) is 6.98. The Hall–Kier alpha value is -1.55. The number of fused-ring (bicyclic) bond motifs is 1. The average molecular weight is 260 g/mol. The van der Waals surface area contributed by atoms with Gasteiger partial charge in [0.05, 0.1) is 5.52 Å². The topological polar surface area (TPSA) is 58.0 Å². The molecule has 0 amide bonds. The standard InChI is InChI=1S/C15H20N2O2/c1-9-7-13-14(19-15(18)17-13)8-12(9)10-3-5-11(16-2)6-4-10/h7-8,10-11,16H,3-6H2,1-2H3,(H,17,18). The van der Waals surface area contributed by atoms with Crippen LogP contribution in [0.15, 0.2) is 21.3 Å². The number of hydrogen-bond donors (Lipinski definition) is 2. The van der Waals surface area contributed by atoms with Crippen LogP contribution in [0.3, 0.4) is 0 Å². The van der Waals surface area contributed by atoms with Gasteiger partial charge in [0.25, 0.3) is 0 Å². The Bertz CT molecular complexity index is 633. The summed E-state index contributed by atoms with van der Waals surface area (Å²) < 4.78 is 5.17. The molecule has 3 rings (SSSR count). The number of aromatic nitrogens is 1. The van der Waals surface area contributed by atoms with Crippen molar-refractivity contribution >= 4 is 11.1 Å². The highest BCUT2D eigenvalue weighted by Gasteiger charge is 2.23. The third-order valence-electron chi connectivity index (χ3n) is 4.38. The van der Waals surface area contributed by atoms with E-state index in [9.17, 15) is 4.79 Å². The monoisotopic (exact) mass is 260 g/mol. The molecule has 0 bridgehead atoms. The molecule has 0 radical (unpaired) electrons. The first kappa shape index (κ1) is 12.5. The van der Waals surface area contributed by atoms with Crippen molar-refractivity contribution in [2.45, 2.75) is 44.6 Å². The van der Waals surface area contributed by atoms with Crippen LogP contribution in [-0.4, -0.2) is 18.1 Å². The largest absolute Gasteiger partial charge is 0.417 e. The van der Waals surface area contributed by atoms with E-state index in [2.05, 4.69) is 17.2 Å². The van der Waals surface area contributed by atoms with Crippen molar-refractivity contribution in [1.29, 1.82) is 0 Å². The van der Waals surface area contributed by atoms with Crippen LogP contribution in [0.1, 0.15) is 42.7 Å². The van der Waals surface area contributed by atoms with Crippen LogP contribution in [0.5, 0.6) is 0 Å². The summed E-state index contributed by atoms with van der Waals surface area (Å²) in [6.45, 7) is 2.12. The molecular formula is C15H20N2O2. The van der Waals surface area contributed by atoms with E-state index in [1.165, 1.54) is 36.8 Å². The third-order valence-corrected chi connectivity index (χ3v) is 4.38. The van der Waals surface area contributed by atoms with E-state index in [0.717, 1.165) is 5.52 Å². The minimum absolute atomic E-state index is 0.370. The van der Waals surface area contributed by atoms with Gasteiger partial charge in [-0.2, -0.15) is 0 Å². The van der Waals surface area contributed by atoms with Crippen molar-refractivity contribution < 1.29 is 4.42 Å². The van der Waals surface area contributed by atoms with E-state index in [-0.39, 0.29) is 5.76 Å². The van der Waals surface area contributed by atoms with Crippen LogP contribution < -0.4 is 11.1 Å². The molecule has 1 saturated carbocycles. The maximum Gasteiger partial charge on any atom is 0.417 e. The molecule has 1 heterocycles. The highest BCUT2D eigenvalue weighted by atomic mass is 16.4. The molecule has 2 aromatic rings. The van der Waals surface area contributed by atoms with Crippen molar-refractivity contribution in [3.8, 4) is 0 Å². The zero-order chi connectivity index (χ0) is 13.4. The van der Waals surface area contributed by atoms with E-state index < -0.39 is 0 Å². The van der Waals surface area contributed by atoms with Gasteiger partial charge in [0.2, 0.25) is 0 Å². The molecule has 4 heteroatoms. The van der Waals surface area contributed by atoms with Gasteiger partial charge in [0, 0.05) is 6.04 Å². The second-order valence-corrected chi connectivity index (χ2v) is 5.56. The van der Waals surface area contributed by atoms with Crippen LogP contribution in [0.25, 0.3) is 11.1 Å². The lowest BCUT2D eigenvalue weighted by Crippen LogP contribution is -2.29. The summed E-state index contributed by atoms with van der Waals surface area (Å²) in [7, 11) is 2.04. The van der Waals surface area contributed by atoms with Crippen molar-refractivity contribution in [2.24, 2.45) is 0 Å². The first-order valence-corrected chi connectivity index (χ1v) is 6.98. The van der Waals surface area contributed by atoms with Crippen LogP contribution in [0.4, 0.5) is 0 Å². The zero-order valence-corrected chi connectivity index (χ0v) is 11.5. The summed E-state index contributed by atoms with van der Waals surface area (Å²) in [5.74, 6) is 0.222. The molecule has 4 nitrogen and oxygen atoms in total. The Morgan fingerprint density at radius 2 is 2.00 bits per heavy atom. The molecule has 1 fully saturated rings. The maximum atomic E-state index is 11.2. The van der Waals surface area contributed by atoms with Crippen LogP contribution >= 0.6 is 0 Å². The molecule has 0 unspecified atom stereocenters. The Kier molecular flexibility index (Phi) is 3.19. The predicted molar refractivity (Wildman–Crippen MR) is 75.6 cm³/mol. The summed E-state index contributed by atoms with van der Waals surface area (Å²) in [4.78, 5) is 14.0. The van der Waals surface area contributed by atoms with E-state index in [1.54, 1.807) is 0 Å². The van der Waals surface area contributed by atoms with Gasteiger partial charge < -0.3 is 9.73 Å². The van der Waals surface area contributed by atoms with Crippen LogP contribution in [0.2, 0.25) is 0 Å². The van der Waals surface area contributed by atoms with Gasteiger partial charge in [0.15, 0.2) is 5.58 Å². The molecule has 102 valence electrons.